The van der Waals surface area contributed by atoms with E-state index in [0.29, 0.717) is 25.3 Å². The van der Waals surface area contributed by atoms with Crippen molar-refractivity contribution in [2.75, 3.05) is 6.54 Å². The van der Waals surface area contributed by atoms with Gasteiger partial charge in [0.05, 0.1) is 4.90 Å². The predicted molar refractivity (Wildman–Crippen MR) is 88.2 cm³/mol. The molecule has 0 saturated heterocycles. The van der Waals surface area contributed by atoms with E-state index in [1.165, 1.54) is 24.3 Å². The van der Waals surface area contributed by atoms with E-state index >= 15 is 0 Å². The summed E-state index contributed by atoms with van der Waals surface area (Å²) in [7, 11) is -3.67. The van der Waals surface area contributed by atoms with Crippen molar-refractivity contribution in [3.8, 4) is 0 Å². The summed E-state index contributed by atoms with van der Waals surface area (Å²) in [4.78, 5) is 23.3. The first-order valence-corrected chi connectivity index (χ1v) is 9.45. The molecule has 132 valence electrons. The zero-order valence-electron chi connectivity index (χ0n) is 13.5. The molecule has 0 spiro atoms. The summed E-state index contributed by atoms with van der Waals surface area (Å²) in [6.45, 7) is 2.22. The second kappa shape index (κ2) is 7.76. The fourth-order valence-corrected chi connectivity index (χ4v) is 3.39. The molecule has 2 rings (SSSR count). The van der Waals surface area contributed by atoms with Crippen LogP contribution in [0.5, 0.6) is 0 Å². The molecule has 1 amide bonds. The van der Waals surface area contributed by atoms with E-state index in [-0.39, 0.29) is 10.5 Å². The van der Waals surface area contributed by atoms with Gasteiger partial charge in [-0.15, -0.1) is 0 Å². The number of benzene rings is 1. The molecule has 0 heterocycles. The van der Waals surface area contributed by atoms with Crippen LogP contribution in [0.3, 0.4) is 0 Å². The van der Waals surface area contributed by atoms with Crippen LogP contribution in [0.4, 0.5) is 0 Å². The van der Waals surface area contributed by atoms with Crippen LogP contribution in [-0.2, 0) is 14.8 Å². The lowest BCUT2D eigenvalue weighted by atomic mass is 10.1. The number of carbonyl (C=O) groups is 2. The quantitative estimate of drug-likeness (QED) is 0.620. The van der Waals surface area contributed by atoms with E-state index in [2.05, 4.69) is 10.0 Å². The van der Waals surface area contributed by atoms with Gasteiger partial charge in [-0.3, -0.25) is 4.79 Å². The Bertz CT molecular complexity index is 713. The summed E-state index contributed by atoms with van der Waals surface area (Å²) in [5, 5.41) is 11.5. The monoisotopic (exact) mass is 354 g/mol. The predicted octanol–water partition coefficient (Wildman–Crippen LogP) is 1.36. The van der Waals surface area contributed by atoms with E-state index in [9.17, 15) is 18.0 Å². The van der Waals surface area contributed by atoms with Gasteiger partial charge < -0.3 is 10.4 Å². The zero-order valence-corrected chi connectivity index (χ0v) is 14.3. The van der Waals surface area contributed by atoms with E-state index in [1.54, 1.807) is 0 Å². The summed E-state index contributed by atoms with van der Waals surface area (Å²) in [5.41, 5.74) is 0.117. The molecule has 0 radical (unpaired) electrons. The zero-order chi connectivity index (χ0) is 17.7. The van der Waals surface area contributed by atoms with Crippen molar-refractivity contribution in [1.82, 2.24) is 10.0 Å². The summed E-state index contributed by atoms with van der Waals surface area (Å²) < 4.78 is 27.0. The van der Waals surface area contributed by atoms with Crippen LogP contribution in [0.25, 0.3) is 0 Å². The number of amides is 1. The molecule has 1 atom stereocenters. The van der Waals surface area contributed by atoms with Crippen molar-refractivity contribution < 1.29 is 23.1 Å². The Morgan fingerprint density at radius 2 is 2.04 bits per heavy atom. The molecule has 1 saturated carbocycles. The average molecular weight is 354 g/mol. The van der Waals surface area contributed by atoms with Crippen LogP contribution in [0.15, 0.2) is 29.2 Å². The number of hydrogen-bond donors (Lipinski definition) is 3. The van der Waals surface area contributed by atoms with E-state index in [1.807, 2.05) is 6.92 Å². The number of sulfonamides is 1. The maximum Gasteiger partial charge on any atom is 0.326 e. The van der Waals surface area contributed by atoms with Gasteiger partial charge in [-0.05, 0) is 43.4 Å². The SMILES string of the molecule is CCCC(NC(=O)c1cccc(S(=O)(=O)NCC2CC2)c1)C(=O)O. The number of carbonyl (C=O) groups excluding carboxylic acids is 1. The van der Waals surface area contributed by atoms with Gasteiger partial charge in [-0.2, -0.15) is 0 Å². The smallest absolute Gasteiger partial charge is 0.326 e. The summed E-state index contributed by atoms with van der Waals surface area (Å²) in [6.07, 6.45) is 2.97. The second-order valence-corrected chi connectivity index (χ2v) is 7.74. The van der Waals surface area contributed by atoms with Gasteiger partial charge in [-0.25, -0.2) is 17.9 Å². The lowest BCUT2D eigenvalue weighted by molar-refractivity contribution is -0.139. The lowest BCUT2D eigenvalue weighted by Crippen LogP contribution is -2.40. The largest absolute Gasteiger partial charge is 0.480 e. The minimum atomic E-state index is -3.67. The minimum Gasteiger partial charge on any atom is -0.480 e. The number of rotatable bonds is 9. The second-order valence-electron chi connectivity index (χ2n) is 5.98. The van der Waals surface area contributed by atoms with Gasteiger partial charge in [-0.1, -0.05) is 19.4 Å². The third-order valence-corrected chi connectivity index (χ3v) is 5.27. The Labute approximate surface area is 141 Å². The van der Waals surface area contributed by atoms with Crippen LogP contribution in [-0.4, -0.2) is 38.0 Å². The highest BCUT2D eigenvalue weighted by atomic mass is 32.2. The van der Waals surface area contributed by atoms with Crippen LogP contribution in [0.2, 0.25) is 0 Å². The third-order valence-electron chi connectivity index (χ3n) is 3.85. The van der Waals surface area contributed by atoms with Gasteiger partial charge in [0.15, 0.2) is 0 Å². The Morgan fingerprint density at radius 3 is 2.62 bits per heavy atom. The van der Waals surface area contributed by atoms with Crippen molar-refractivity contribution in [2.45, 2.75) is 43.5 Å². The molecule has 7 nitrogen and oxygen atoms in total. The van der Waals surface area contributed by atoms with Gasteiger partial charge >= 0.3 is 5.97 Å². The fourth-order valence-electron chi connectivity index (χ4n) is 2.22. The Kier molecular flexibility index (Phi) is 5.95. The number of aliphatic carboxylic acids is 1. The highest BCUT2D eigenvalue weighted by Gasteiger charge is 2.25. The highest BCUT2D eigenvalue weighted by Crippen LogP contribution is 2.28. The third kappa shape index (κ3) is 5.04. The lowest BCUT2D eigenvalue weighted by Gasteiger charge is -2.14. The first kappa shape index (κ1) is 18.4. The standard InChI is InChI=1S/C16H22N2O5S/c1-2-4-14(16(20)21)18-15(19)12-5-3-6-13(9-12)24(22,23)17-10-11-7-8-11/h3,5-6,9,11,14,17H,2,4,7-8,10H2,1H3,(H,18,19)(H,20,21). The van der Waals surface area contributed by atoms with E-state index in [0.717, 1.165) is 12.8 Å². The van der Waals surface area contributed by atoms with Crippen LogP contribution >= 0.6 is 0 Å². The molecule has 0 aromatic heterocycles. The van der Waals surface area contributed by atoms with Crippen molar-refractivity contribution in [3.05, 3.63) is 29.8 Å². The van der Waals surface area contributed by atoms with Crippen LogP contribution in [0, 0.1) is 5.92 Å². The molecule has 0 aliphatic heterocycles. The van der Waals surface area contributed by atoms with Crippen LogP contribution < -0.4 is 10.0 Å². The molecule has 1 aromatic carbocycles. The van der Waals surface area contributed by atoms with E-state index < -0.39 is 27.9 Å². The van der Waals surface area contributed by atoms with Gasteiger partial charge in [0.25, 0.3) is 5.91 Å². The fraction of sp³-hybridized carbons (Fsp3) is 0.500. The van der Waals surface area contributed by atoms with Gasteiger partial charge in [0.1, 0.15) is 6.04 Å². The van der Waals surface area contributed by atoms with Gasteiger partial charge in [0, 0.05) is 12.1 Å². The molecule has 1 fully saturated rings. The molecular weight excluding hydrogens is 332 g/mol. The topological polar surface area (TPSA) is 113 Å². The molecule has 24 heavy (non-hydrogen) atoms. The highest BCUT2D eigenvalue weighted by molar-refractivity contribution is 7.89. The normalized spacial score (nSPS) is 15.7. The maximum absolute atomic E-state index is 12.2. The summed E-state index contributed by atoms with van der Waals surface area (Å²) in [5.74, 6) is -1.31. The van der Waals surface area contributed by atoms with E-state index in [4.69, 9.17) is 5.11 Å². The first-order chi connectivity index (χ1) is 11.3. The number of nitrogens with one attached hydrogen (secondary N) is 2. The first-order valence-electron chi connectivity index (χ1n) is 7.97. The average Bonchev–Trinajstić information content (AvgIpc) is 3.37. The van der Waals surface area contributed by atoms with Gasteiger partial charge in [0.2, 0.25) is 10.0 Å². The maximum atomic E-state index is 12.2. The Hall–Kier alpha value is -1.93. The summed E-state index contributed by atoms with van der Waals surface area (Å²) in [6, 6.07) is 4.61. The molecular formula is C16H22N2O5S. The van der Waals surface area contributed by atoms with Crippen LogP contribution in [0.1, 0.15) is 43.0 Å². The molecule has 1 unspecified atom stereocenters. The number of hydrogen-bond acceptors (Lipinski definition) is 4. The molecule has 0 bridgehead atoms. The molecule has 1 aliphatic carbocycles. The molecule has 1 aliphatic rings. The van der Waals surface area contributed by atoms with Crippen molar-refractivity contribution in [1.29, 1.82) is 0 Å². The van der Waals surface area contributed by atoms with Crippen molar-refractivity contribution >= 4 is 21.9 Å². The molecule has 1 aromatic rings. The summed E-state index contributed by atoms with van der Waals surface area (Å²) >= 11 is 0. The minimum absolute atomic E-state index is 0.00170. The van der Waals surface area contributed by atoms with Crippen molar-refractivity contribution in [2.24, 2.45) is 5.92 Å². The number of carboxylic acid groups (broad SMARTS) is 1. The molecule has 3 N–H and O–H groups in total. The Morgan fingerprint density at radius 1 is 1.33 bits per heavy atom. The van der Waals surface area contributed by atoms with Crippen molar-refractivity contribution in [3.63, 3.8) is 0 Å². The number of carboxylic acids is 1. The Balaban J connectivity index is 2.10. The molecule has 8 heteroatoms.